The summed E-state index contributed by atoms with van der Waals surface area (Å²) in [6.07, 6.45) is -4.74. The normalized spacial score (nSPS) is 9.93. The first kappa shape index (κ1) is 17.6. The van der Waals surface area contributed by atoms with Crippen LogP contribution in [0.15, 0.2) is 0 Å². The molecule has 0 heterocycles. The molecular weight excluding hydrogens is 445 g/mol. The number of nitrogens with one attached hydrogen (secondary N) is 1. The molecule has 0 aromatic heterocycles. The summed E-state index contributed by atoms with van der Waals surface area (Å²) in [5.41, 5.74) is 0. The van der Waals surface area contributed by atoms with Crippen molar-refractivity contribution in [1.82, 2.24) is 5.32 Å². The van der Waals surface area contributed by atoms with Crippen molar-refractivity contribution in [3.63, 3.8) is 0 Å². The van der Waals surface area contributed by atoms with Crippen LogP contribution in [-0.2, 0) is 9.59 Å². The van der Waals surface area contributed by atoms with E-state index in [0.29, 0.717) is 4.43 Å². The molecule has 0 saturated heterocycles. The van der Waals surface area contributed by atoms with Gasteiger partial charge in [-0.2, -0.15) is 13.2 Å². The molecule has 1 amide bonds. The minimum atomic E-state index is -4.74. The number of alkyl halides is 5. The number of carboxylic acid groups (broad SMARTS) is 1. The Morgan fingerprint density at radius 2 is 1.67 bits per heavy atom. The fourth-order valence-corrected chi connectivity index (χ4v) is 0.531. The summed E-state index contributed by atoms with van der Waals surface area (Å²) in [6, 6.07) is 0. The number of carboxylic acids is 1. The van der Waals surface area contributed by atoms with Gasteiger partial charge in [0.05, 0.1) is 4.43 Å². The molecule has 0 spiro atoms. The number of amides is 1. The van der Waals surface area contributed by atoms with Crippen LogP contribution >= 0.6 is 45.2 Å². The highest BCUT2D eigenvalue weighted by molar-refractivity contribution is 14.1. The summed E-state index contributed by atoms with van der Waals surface area (Å²) in [5.74, 6) is -2.63. The Labute approximate surface area is 111 Å². The summed E-state index contributed by atoms with van der Waals surface area (Å²) in [5, 5.41) is 9.42. The quantitative estimate of drug-likeness (QED) is 0.505. The largest absolute Gasteiger partial charge is 0.481 e. The highest BCUT2D eigenvalue weighted by Gasteiger charge is 2.37. The molecule has 0 aliphatic carbocycles. The highest BCUT2D eigenvalue weighted by Crippen LogP contribution is 2.13. The molecule has 0 aromatic rings. The average molecular weight is 453 g/mol. The van der Waals surface area contributed by atoms with Crippen molar-refractivity contribution in [3.05, 3.63) is 0 Å². The molecule has 4 nitrogen and oxygen atoms in total. The second-order valence-electron chi connectivity index (χ2n) is 1.97. The van der Waals surface area contributed by atoms with Crippen LogP contribution in [0.1, 0.15) is 0 Å². The molecule has 2 N–H and O–H groups in total. The molecule has 0 bridgehead atoms. The van der Waals surface area contributed by atoms with Crippen molar-refractivity contribution in [3.8, 4) is 0 Å². The fraction of sp³-hybridized carbons (Fsp3) is 0.667. The Morgan fingerprint density at radius 1 is 1.27 bits per heavy atom. The highest BCUT2D eigenvalue weighted by atomic mass is 127. The van der Waals surface area contributed by atoms with E-state index in [1.807, 2.05) is 22.6 Å². The van der Waals surface area contributed by atoms with E-state index in [2.05, 4.69) is 0 Å². The van der Waals surface area contributed by atoms with E-state index in [-0.39, 0.29) is 11.0 Å². The zero-order valence-electron chi connectivity index (χ0n) is 7.27. The van der Waals surface area contributed by atoms with Crippen LogP contribution in [0.5, 0.6) is 0 Å². The van der Waals surface area contributed by atoms with Gasteiger partial charge in [0.15, 0.2) is 0 Å². The topological polar surface area (TPSA) is 66.4 Å². The minimum absolute atomic E-state index is 0.0545. The molecule has 0 unspecified atom stereocenters. The molecule has 0 radical (unpaired) electrons. The maximum absolute atomic E-state index is 11.4. The van der Waals surface area contributed by atoms with Gasteiger partial charge in [0.1, 0.15) is 0 Å². The van der Waals surface area contributed by atoms with Gasteiger partial charge < -0.3 is 10.4 Å². The summed E-state index contributed by atoms with van der Waals surface area (Å²) < 4.78 is 34.7. The number of rotatable bonds is 3. The Bertz CT molecular complexity index is 210. The van der Waals surface area contributed by atoms with Gasteiger partial charge in [0.2, 0.25) is 0 Å². The number of carbonyl (C=O) groups is 2. The van der Waals surface area contributed by atoms with Crippen LogP contribution in [-0.4, -0.2) is 38.6 Å². The van der Waals surface area contributed by atoms with Gasteiger partial charge in [-0.05, 0) is 0 Å². The van der Waals surface area contributed by atoms with Crippen LogP contribution < -0.4 is 5.32 Å². The zero-order chi connectivity index (χ0) is 12.5. The third-order valence-corrected chi connectivity index (χ3v) is 1.94. The average Bonchev–Trinajstić information content (AvgIpc) is 2.13. The molecular formula is C6H8F3I2NO3. The van der Waals surface area contributed by atoms with E-state index in [9.17, 15) is 22.8 Å². The van der Waals surface area contributed by atoms with Gasteiger partial charge in [-0.25, -0.2) is 0 Å². The number of carbonyl (C=O) groups excluding carboxylic acids is 1. The second kappa shape index (κ2) is 9.42. The van der Waals surface area contributed by atoms with Gasteiger partial charge in [-0.1, -0.05) is 45.2 Å². The third-order valence-electron chi connectivity index (χ3n) is 0.752. The van der Waals surface area contributed by atoms with Gasteiger partial charge in [0.25, 0.3) is 0 Å². The number of halogens is 5. The third kappa shape index (κ3) is 14.2. The lowest BCUT2D eigenvalue weighted by Gasteiger charge is -2.04. The molecule has 15 heavy (non-hydrogen) atoms. The lowest BCUT2D eigenvalue weighted by atomic mass is 10.6. The maximum Gasteiger partial charge on any atom is 0.471 e. The van der Waals surface area contributed by atoms with E-state index >= 15 is 0 Å². The Balaban J connectivity index is 0. The second-order valence-corrected chi connectivity index (χ2v) is 3.81. The molecule has 0 aliphatic rings. The predicted molar refractivity (Wildman–Crippen MR) is 64.5 cm³/mol. The predicted octanol–water partition coefficient (Wildman–Crippen LogP) is 1.61. The fourth-order valence-electron chi connectivity index (χ4n) is 0.261. The molecule has 0 aromatic carbocycles. The van der Waals surface area contributed by atoms with E-state index in [1.54, 1.807) is 27.9 Å². The van der Waals surface area contributed by atoms with E-state index < -0.39 is 18.1 Å². The van der Waals surface area contributed by atoms with Crippen LogP contribution in [0.4, 0.5) is 13.2 Å². The van der Waals surface area contributed by atoms with Gasteiger partial charge in [-0.15, -0.1) is 0 Å². The van der Waals surface area contributed by atoms with Crippen molar-refractivity contribution in [2.45, 2.75) is 6.18 Å². The summed E-state index contributed by atoms with van der Waals surface area (Å²) >= 11 is 3.64. The van der Waals surface area contributed by atoms with Crippen LogP contribution in [0.25, 0.3) is 0 Å². The summed E-state index contributed by atoms with van der Waals surface area (Å²) in [7, 11) is 0. The van der Waals surface area contributed by atoms with Gasteiger partial charge >= 0.3 is 18.1 Å². The van der Waals surface area contributed by atoms with Crippen LogP contribution in [0.3, 0.4) is 0 Å². The SMILES string of the molecule is O=C(NCCI)C(F)(F)F.O=C(O)CI. The molecule has 0 atom stereocenters. The molecule has 0 aliphatic heterocycles. The first-order chi connectivity index (χ1) is 6.75. The summed E-state index contributed by atoms with van der Waals surface area (Å²) in [6.45, 7) is 0.0545. The Morgan fingerprint density at radius 3 is 1.87 bits per heavy atom. The number of hydrogen-bond donors (Lipinski definition) is 2. The zero-order valence-corrected chi connectivity index (χ0v) is 11.6. The maximum atomic E-state index is 11.4. The van der Waals surface area contributed by atoms with E-state index in [1.165, 1.54) is 0 Å². The van der Waals surface area contributed by atoms with E-state index in [0.717, 1.165) is 0 Å². The van der Waals surface area contributed by atoms with Gasteiger partial charge in [-0.3, -0.25) is 9.59 Å². The monoisotopic (exact) mass is 453 g/mol. The molecule has 0 saturated carbocycles. The molecule has 9 heteroatoms. The van der Waals surface area contributed by atoms with Crippen molar-refractivity contribution in [2.75, 3.05) is 15.4 Å². The van der Waals surface area contributed by atoms with Crippen molar-refractivity contribution >= 4 is 57.1 Å². The van der Waals surface area contributed by atoms with Gasteiger partial charge in [0, 0.05) is 11.0 Å². The number of hydrogen-bond acceptors (Lipinski definition) is 2. The minimum Gasteiger partial charge on any atom is -0.481 e. The molecule has 0 rings (SSSR count). The van der Waals surface area contributed by atoms with E-state index in [4.69, 9.17) is 5.11 Å². The summed E-state index contributed by atoms with van der Waals surface area (Å²) in [4.78, 5) is 19.3. The number of aliphatic carboxylic acids is 1. The van der Waals surface area contributed by atoms with Crippen molar-refractivity contribution in [2.24, 2.45) is 0 Å². The van der Waals surface area contributed by atoms with Crippen LogP contribution in [0, 0.1) is 0 Å². The Kier molecular flexibility index (Phi) is 11.0. The first-order valence-corrected chi connectivity index (χ1v) is 6.49. The lowest BCUT2D eigenvalue weighted by molar-refractivity contribution is -0.173. The van der Waals surface area contributed by atoms with Crippen molar-refractivity contribution < 1.29 is 27.9 Å². The Hall–Kier alpha value is 0.190. The first-order valence-electron chi connectivity index (χ1n) is 3.44. The molecule has 0 fully saturated rings. The molecule has 90 valence electrons. The van der Waals surface area contributed by atoms with Crippen molar-refractivity contribution in [1.29, 1.82) is 0 Å². The lowest BCUT2D eigenvalue weighted by Crippen LogP contribution is -2.37. The van der Waals surface area contributed by atoms with Crippen LogP contribution in [0.2, 0.25) is 0 Å². The standard InChI is InChI=1S/C4H5F3INO.C2H3IO2/c5-4(6,7)3(10)9-2-1-8;3-1-2(4)5/h1-2H2,(H,9,10);1H2,(H,4,5). The smallest absolute Gasteiger partial charge is 0.471 e.